The average molecular weight is 354 g/mol. The Hall–Kier alpha value is -1.19. The van der Waals surface area contributed by atoms with Gasteiger partial charge in [-0.15, -0.1) is 0 Å². The molecular weight excluding hydrogens is 328 g/mol. The minimum atomic E-state index is -5.26. The highest BCUT2D eigenvalue weighted by molar-refractivity contribution is 7.87. The van der Waals surface area contributed by atoms with Gasteiger partial charge in [0.15, 0.2) is 0 Å². The molecule has 0 spiro atoms. The Labute approximate surface area is 136 Å². The van der Waals surface area contributed by atoms with Gasteiger partial charge < -0.3 is 14.6 Å². The van der Waals surface area contributed by atoms with Crippen molar-refractivity contribution in [1.82, 2.24) is 0 Å². The van der Waals surface area contributed by atoms with Crippen molar-refractivity contribution in [3.8, 4) is 0 Å². The lowest BCUT2D eigenvalue weighted by Gasteiger charge is -2.21. The van der Waals surface area contributed by atoms with Gasteiger partial charge in [0.1, 0.15) is 6.42 Å². The van der Waals surface area contributed by atoms with Crippen LogP contribution >= 0.6 is 0 Å². The largest absolute Gasteiger partial charge is 0.466 e. The monoisotopic (exact) mass is 354 g/mol. The van der Waals surface area contributed by atoms with E-state index in [9.17, 15) is 23.1 Å². The molecule has 136 valence electrons. The standard InChI is InChI=1S/C14H26O8S/c1-3-5-7-9-21-12(15)11-14(17,23(18,19)20)13(16)22-10-8-6-4-2/h17H,3-11H2,1-2H3,(H,18,19,20). The zero-order chi connectivity index (χ0) is 17.9. The maximum atomic E-state index is 11.8. The van der Waals surface area contributed by atoms with E-state index < -0.39 is 33.4 Å². The Morgan fingerprint density at radius 1 is 0.957 bits per heavy atom. The molecule has 0 aliphatic rings. The fraction of sp³-hybridized carbons (Fsp3) is 0.857. The second kappa shape index (κ2) is 10.6. The van der Waals surface area contributed by atoms with E-state index in [0.29, 0.717) is 12.8 Å². The van der Waals surface area contributed by atoms with Crippen molar-refractivity contribution in [3.63, 3.8) is 0 Å². The number of carbonyl (C=O) groups is 2. The summed E-state index contributed by atoms with van der Waals surface area (Å²) in [6, 6.07) is 0. The summed E-state index contributed by atoms with van der Waals surface area (Å²) in [7, 11) is -5.26. The smallest absolute Gasteiger partial charge is 0.357 e. The number of ether oxygens (including phenoxy) is 2. The molecule has 0 bridgehead atoms. The molecule has 9 heteroatoms. The highest BCUT2D eigenvalue weighted by Crippen LogP contribution is 2.21. The van der Waals surface area contributed by atoms with Gasteiger partial charge in [0.25, 0.3) is 4.93 Å². The Morgan fingerprint density at radius 3 is 1.87 bits per heavy atom. The molecule has 0 saturated carbocycles. The van der Waals surface area contributed by atoms with Gasteiger partial charge in [-0.1, -0.05) is 39.5 Å². The summed E-state index contributed by atoms with van der Waals surface area (Å²) in [6.45, 7) is 3.80. The molecule has 1 unspecified atom stereocenters. The van der Waals surface area contributed by atoms with Crippen molar-refractivity contribution in [3.05, 3.63) is 0 Å². The lowest BCUT2D eigenvalue weighted by atomic mass is 10.2. The molecule has 0 saturated heterocycles. The molecule has 8 nitrogen and oxygen atoms in total. The van der Waals surface area contributed by atoms with E-state index in [0.717, 1.165) is 25.7 Å². The van der Waals surface area contributed by atoms with Crippen LogP contribution in [-0.4, -0.2) is 48.2 Å². The molecule has 0 aromatic carbocycles. The van der Waals surface area contributed by atoms with Crippen molar-refractivity contribution in [2.24, 2.45) is 0 Å². The highest BCUT2D eigenvalue weighted by atomic mass is 32.2. The van der Waals surface area contributed by atoms with E-state index in [-0.39, 0.29) is 13.2 Å². The molecule has 0 amide bonds. The van der Waals surface area contributed by atoms with Crippen molar-refractivity contribution in [2.45, 2.75) is 63.7 Å². The number of unbranched alkanes of at least 4 members (excludes halogenated alkanes) is 4. The Balaban J connectivity index is 4.72. The number of carbonyl (C=O) groups excluding carboxylic acids is 2. The van der Waals surface area contributed by atoms with E-state index in [4.69, 9.17) is 9.29 Å². The number of hydrogen-bond donors (Lipinski definition) is 2. The van der Waals surface area contributed by atoms with Gasteiger partial charge in [0.2, 0.25) is 0 Å². The van der Waals surface area contributed by atoms with Crippen LogP contribution in [0.15, 0.2) is 0 Å². The molecule has 0 aliphatic heterocycles. The van der Waals surface area contributed by atoms with Crippen LogP contribution in [0.3, 0.4) is 0 Å². The van der Waals surface area contributed by atoms with Gasteiger partial charge in [0, 0.05) is 0 Å². The lowest BCUT2D eigenvalue weighted by Crippen LogP contribution is -2.49. The van der Waals surface area contributed by atoms with Gasteiger partial charge in [-0.05, 0) is 12.8 Å². The van der Waals surface area contributed by atoms with Crippen LogP contribution in [0.5, 0.6) is 0 Å². The second-order valence-electron chi connectivity index (χ2n) is 5.21. The fourth-order valence-electron chi connectivity index (χ4n) is 1.68. The first-order valence-corrected chi connectivity index (χ1v) is 9.15. The third kappa shape index (κ3) is 7.76. The van der Waals surface area contributed by atoms with E-state index in [2.05, 4.69) is 4.74 Å². The van der Waals surface area contributed by atoms with Crippen molar-refractivity contribution >= 4 is 22.1 Å². The summed E-state index contributed by atoms with van der Waals surface area (Å²) in [5.41, 5.74) is 0. The van der Waals surface area contributed by atoms with Gasteiger partial charge in [0.05, 0.1) is 13.2 Å². The SMILES string of the molecule is CCCCCOC(=O)CC(O)(C(=O)OCCCCC)S(=O)(=O)O. The molecule has 1 atom stereocenters. The maximum Gasteiger partial charge on any atom is 0.357 e. The molecule has 0 fully saturated rings. The van der Waals surface area contributed by atoms with Crippen molar-refractivity contribution < 1.29 is 37.1 Å². The Kier molecular flexibility index (Phi) is 10.0. The number of rotatable bonds is 12. The molecule has 0 heterocycles. The van der Waals surface area contributed by atoms with Crippen LogP contribution in [0, 0.1) is 0 Å². The molecule has 0 rings (SSSR count). The van der Waals surface area contributed by atoms with E-state index in [1.165, 1.54) is 0 Å². The van der Waals surface area contributed by atoms with Crippen LogP contribution in [0.1, 0.15) is 58.8 Å². The first-order valence-electron chi connectivity index (χ1n) is 7.71. The fourth-order valence-corrected chi connectivity index (χ4v) is 2.25. The molecule has 2 N–H and O–H groups in total. The maximum absolute atomic E-state index is 11.8. The first-order chi connectivity index (χ1) is 10.7. The number of aliphatic hydroxyl groups is 1. The summed E-state index contributed by atoms with van der Waals surface area (Å²) in [5.74, 6) is -2.69. The third-order valence-corrected chi connectivity index (χ3v) is 4.29. The minimum Gasteiger partial charge on any atom is -0.466 e. The van der Waals surface area contributed by atoms with Crippen LogP contribution < -0.4 is 0 Å². The van der Waals surface area contributed by atoms with Gasteiger partial charge >= 0.3 is 22.1 Å². The van der Waals surface area contributed by atoms with Crippen molar-refractivity contribution in [1.29, 1.82) is 0 Å². The summed E-state index contributed by atoms with van der Waals surface area (Å²) in [5, 5.41) is 9.93. The highest BCUT2D eigenvalue weighted by Gasteiger charge is 2.52. The number of esters is 2. The normalized spacial score (nSPS) is 14.1. The van der Waals surface area contributed by atoms with Crippen LogP contribution in [0.4, 0.5) is 0 Å². The molecule has 0 radical (unpaired) electrons. The molecule has 0 aliphatic carbocycles. The predicted octanol–water partition coefficient (Wildman–Crippen LogP) is 1.42. The quantitative estimate of drug-likeness (QED) is 0.306. The molecule has 0 aromatic rings. The van der Waals surface area contributed by atoms with Crippen molar-refractivity contribution in [2.75, 3.05) is 13.2 Å². The van der Waals surface area contributed by atoms with Gasteiger partial charge in [-0.3, -0.25) is 9.35 Å². The summed E-state index contributed by atoms with van der Waals surface area (Å²) >= 11 is 0. The van der Waals surface area contributed by atoms with Crippen LogP contribution in [-0.2, 0) is 29.2 Å². The van der Waals surface area contributed by atoms with Crippen LogP contribution in [0.2, 0.25) is 0 Å². The minimum absolute atomic E-state index is 0.0414. The van der Waals surface area contributed by atoms with Gasteiger partial charge in [-0.2, -0.15) is 8.42 Å². The predicted molar refractivity (Wildman–Crippen MR) is 82.1 cm³/mol. The number of hydrogen-bond acceptors (Lipinski definition) is 7. The zero-order valence-corrected chi connectivity index (χ0v) is 14.4. The zero-order valence-electron chi connectivity index (χ0n) is 13.6. The van der Waals surface area contributed by atoms with E-state index >= 15 is 0 Å². The molecule has 23 heavy (non-hydrogen) atoms. The van der Waals surface area contributed by atoms with Crippen LogP contribution in [0.25, 0.3) is 0 Å². The molecular formula is C14H26O8S. The topological polar surface area (TPSA) is 127 Å². The first kappa shape index (κ1) is 21.8. The Morgan fingerprint density at radius 2 is 1.43 bits per heavy atom. The molecule has 0 aromatic heterocycles. The van der Waals surface area contributed by atoms with E-state index in [1.54, 1.807) is 0 Å². The third-order valence-electron chi connectivity index (χ3n) is 3.12. The van der Waals surface area contributed by atoms with E-state index in [1.807, 2.05) is 13.8 Å². The summed E-state index contributed by atoms with van der Waals surface area (Å²) in [6.07, 6.45) is 3.15. The summed E-state index contributed by atoms with van der Waals surface area (Å²) < 4.78 is 41.1. The summed E-state index contributed by atoms with van der Waals surface area (Å²) in [4.78, 5) is 20.0. The average Bonchev–Trinajstić information content (AvgIpc) is 2.46. The Bertz CT molecular complexity index is 473. The second-order valence-corrected chi connectivity index (χ2v) is 6.83. The van der Waals surface area contributed by atoms with Gasteiger partial charge in [-0.25, -0.2) is 4.79 Å². The lowest BCUT2D eigenvalue weighted by molar-refractivity contribution is -0.164.